The van der Waals surface area contributed by atoms with Gasteiger partial charge in [-0.25, -0.2) is 0 Å². The molecule has 1 amide bonds. The van der Waals surface area contributed by atoms with Gasteiger partial charge in [0.15, 0.2) is 0 Å². The van der Waals surface area contributed by atoms with Gasteiger partial charge < -0.3 is 14.7 Å². The van der Waals surface area contributed by atoms with Crippen LogP contribution in [0.15, 0.2) is 78.4 Å². The molecule has 0 bridgehead atoms. The molecule has 1 saturated heterocycles. The van der Waals surface area contributed by atoms with Crippen molar-refractivity contribution >= 4 is 23.1 Å². The van der Waals surface area contributed by atoms with Crippen LogP contribution in [0.2, 0.25) is 0 Å². The molecule has 8 heteroatoms. The Morgan fingerprint density at radius 1 is 1.06 bits per heavy atom. The van der Waals surface area contributed by atoms with E-state index in [1.54, 1.807) is 31.4 Å². The summed E-state index contributed by atoms with van der Waals surface area (Å²) >= 11 is 0. The van der Waals surface area contributed by atoms with Crippen molar-refractivity contribution in [1.29, 1.82) is 0 Å². The maximum absolute atomic E-state index is 13.2. The van der Waals surface area contributed by atoms with Gasteiger partial charge in [-0.15, -0.1) is 0 Å². The molecule has 0 spiro atoms. The van der Waals surface area contributed by atoms with E-state index in [0.29, 0.717) is 11.3 Å². The minimum absolute atomic E-state index is 0.0930. The lowest BCUT2D eigenvalue weighted by atomic mass is 9.93. The van der Waals surface area contributed by atoms with Gasteiger partial charge in [-0.2, -0.15) is 0 Å². The summed E-state index contributed by atoms with van der Waals surface area (Å²) in [7, 11) is 1.56. The van der Waals surface area contributed by atoms with Crippen molar-refractivity contribution in [3.8, 4) is 5.75 Å². The number of ether oxygens (including phenoxy) is 1. The average Bonchev–Trinajstić information content (AvgIpc) is 3.13. The molecule has 3 aromatic carbocycles. The lowest BCUT2D eigenvalue weighted by Gasteiger charge is -2.26. The summed E-state index contributed by atoms with van der Waals surface area (Å²) < 4.78 is 5.20. The highest BCUT2D eigenvalue weighted by atomic mass is 16.6. The number of ketones is 1. The van der Waals surface area contributed by atoms with Crippen LogP contribution in [-0.2, 0) is 16.1 Å². The Morgan fingerprint density at radius 2 is 1.72 bits per heavy atom. The average molecular weight is 487 g/mol. The summed E-state index contributed by atoms with van der Waals surface area (Å²) in [5.74, 6) is -1.10. The van der Waals surface area contributed by atoms with Gasteiger partial charge in [-0.1, -0.05) is 62.4 Å². The van der Waals surface area contributed by atoms with Crippen molar-refractivity contribution in [1.82, 2.24) is 4.90 Å². The van der Waals surface area contributed by atoms with Crippen LogP contribution in [0.25, 0.3) is 5.76 Å². The first-order valence-corrected chi connectivity index (χ1v) is 11.5. The zero-order valence-electron chi connectivity index (χ0n) is 20.2. The second-order valence-corrected chi connectivity index (χ2v) is 8.90. The van der Waals surface area contributed by atoms with Crippen molar-refractivity contribution < 1.29 is 24.4 Å². The van der Waals surface area contributed by atoms with Crippen LogP contribution in [0.4, 0.5) is 5.69 Å². The topological polar surface area (TPSA) is 110 Å². The van der Waals surface area contributed by atoms with Gasteiger partial charge in [-0.3, -0.25) is 19.7 Å². The van der Waals surface area contributed by atoms with E-state index in [4.69, 9.17) is 4.74 Å². The predicted molar refractivity (Wildman–Crippen MR) is 134 cm³/mol. The Balaban J connectivity index is 1.84. The highest BCUT2D eigenvalue weighted by molar-refractivity contribution is 6.46. The number of methoxy groups -OCH3 is 1. The van der Waals surface area contributed by atoms with Crippen molar-refractivity contribution in [2.45, 2.75) is 32.4 Å². The number of carbonyl (C=O) groups is 2. The van der Waals surface area contributed by atoms with Crippen molar-refractivity contribution in [3.63, 3.8) is 0 Å². The number of Topliss-reactive ketones (excluding diaryl/α,β-unsaturated/α-hetero) is 1. The lowest BCUT2D eigenvalue weighted by Crippen LogP contribution is -2.29. The number of aliphatic hydroxyl groups is 1. The maximum Gasteiger partial charge on any atom is 0.295 e. The normalized spacial score (nSPS) is 17.0. The van der Waals surface area contributed by atoms with Crippen LogP contribution in [-0.4, -0.2) is 33.7 Å². The number of carbonyl (C=O) groups excluding carboxylic acids is 2. The molecule has 1 aliphatic heterocycles. The third-order valence-electron chi connectivity index (χ3n) is 6.30. The van der Waals surface area contributed by atoms with E-state index in [2.05, 4.69) is 13.8 Å². The largest absolute Gasteiger partial charge is 0.507 e. The van der Waals surface area contributed by atoms with Gasteiger partial charge >= 0.3 is 0 Å². The van der Waals surface area contributed by atoms with Gasteiger partial charge in [0.25, 0.3) is 17.4 Å². The summed E-state index contributed by atoms with van der Waals surface area (Å²) in [5.41, 5.74) is 2.27. The molecule has 1 heterocycles. The Hall–Kier alpha value is -4.46. The minimum atomic E-state index is -0.868. The van der Waals surface area contributed by atoms with Crippen molar-refractivity contribution in [3.05, 3.63) is 111 Å². The number of hydrogen-bond acceptors (Lipinski definition) is 6. The van der Waals surface area contributed by atoms with Crippen LogP contribution >= 0.6 is 0 Å². The van der Waals surface area contributed by atoms with Crippen LogP contribution < -0.4 is 4.74 Å². The number of benzene rings is 3. The summed E-state index contributed by atoms with van der Waals surface area (Å²) in [4.78, 5) is 38.5. The predicted octanol–water partition coefficient (Wildman–Crippen LogP) is 5.35. The zero-order chi connectivity index (χ0) is 26.0. The lowest BCUT2D eigenvalue weighted by molar-refractivity contribution is -0.384. The first kappa shape index (κ1) is 24.7. The highest BCUT2D eigenvalue weighted by Crippen LogP contribution is 2.41. The molecule has 1 N–H and O–H groups in total. The van der Waals surface area contributed by atoms with Crippen LogP contribution in [0, 0.1) is 10.1 Å². The summed E-state index contributed by atoms with van der Waals surface area (Å²) in [6, 6.07) is 19.2. The molecule has 1 fully saturated rings. The second kappa shape index (κ2) is 10.0. The Bertz CT molecular complexity index is 1340. The smallest absolute Gasteiger partial charge is 0.295 e. The Morgan fingerprint density at radius 3 is 2.31 bits per heavy atom. The number of amides is 1. The number of nitro benzene ring substituents is 1. The van der Waals surface area contributed by atoms with E-state index < -0.39 is 28.4 Å². The number of likely N-dealkylation sites (tertiary alicyclic amines) is 1. The fourth-order valence-corrected chi connectivity index (χ4v) is 4.30. The van der Waals surface area contributed by atoms with Gasteiger partial charge in [0.1, 0.15) is 11.5 Å². The van der Waals surface area contributed by atoms with E-state index >= 15 is 0 Å². The maximum atomic E-state index is 13.2. The molecule has 8 nitrogen and oxygen atoms in total. The molecule has 4 rings (SSSR count). The molecule has 36 heavy (non-hydrogen) atoms. The molecule has 1 atom stereocenters. The molecule has 184 valence electrons. The number of aliphatic hydroxyl groups excluding tert-OH is 1. The van der Waals surface area contributed by atoms with E-state index in [1.165, 1.54) is 29.2 Å². The summed E-state index contributed by atoms with van der Waals surface area (Å²) in [6.07, 6.45) is 0. The molecule has 0 aliphatic carbocycles. The Kier molecular flexibility index (Phi) is 6.87. The molecular weight excluding hydrogens is 460 g/mol. The molecule has 3 aromatic rings. The fraction of sp³-hybridized carbons (Fsp3) is 0.214. The zero-order valence-corrected chi connectivity index (χ0v) is 20.2. The number of nitrogens with zero attached hydrogens (tertiary/aromatic N) is 2. The van der Waals surface area contributed by atoms with Crippen LogP contribution in [0.3, 0.4) is 0 Å². The molecule has 0 radical (unpaired) electrons. The minimum Gasteiger partial charge on any atom is -0.507 e. The standard InChI is InChI=1S/C28H26N2O6/c1-17(2)19-9-11-20(12-10-19)25-24(26(31)21-5-4-6-22(15-21)30(34)35)27(32)28(33)29(25)16-18-7-13-23(36-3)14-8-18/h4-15,17,25,31H,16H2,1-3H3/b26-24-. The summed E-state index contributed by atoms with van der Waals surface area (Å²) in [6.45, 7) is 4.25. The van der Waals surface area contributed by atoms with Gasteiger partial charge in [-0.05, 0) is 34.7 Å². The van der Waals surface area contributed by atoms with Gasteiger partial charge in [0.05, 0.1) is 23.6 Å². The van der Waals surface area contributed by atoms with Crippen LogP contribution in [0.1, 0.15) is 48.1 Å². The molecular formula is C28H26N2O6. The number of hydrogen-bond donors (Lipinski definition) is 1. The number of rotatable bonds is 7. The molecule has 0 saturated carbocycles. The highest BCUT2D eigenvalue weighted by Gasteiger charge is 2.46. The summed E-state index contributed by atoms with van der Waals surface area (Å²) in [5, 5.41) is 22.4. The van der Waals surface area contributed by atoms with Crippen molar-refractivity contribution in [2.24, 2.45) is 0 Å². The monoisotopic (exact) mass is 486 g/mol. The fourth-order valence-electron chi connectivity index (χ4n) is 4.30. The van der Waals surface area contributed by atoms with E-state index in [0.717, 1.165) is 11.1 Å². The van der Waals surface area contributed by atoms with E-state index in [9.17, 15) is 24.8 Å². The first-order valence-electron chi connectivity index (χ1n) is 11.5. The van der Waals surface area contributed by atoms with Crippen molar-refractivity contribution in [2.75, 3.05) is 7.11 Å². The van der Waals surface area contributed by atoms with E-state index in [1.807, 2.05) is 24.3 Å². The molecule has 0 aromatic heterocycles. The van der Waals surface area contributed by atoms with Gasteiger partial charge in [0.2, 0.25) is 0 Å². The second-order valence-electron chi connectivity index (χ2n) is 8.90. The van der Waals surface area contributed by atoms with Gasteiger partial charge in [0, 0.05) is 24.2 Å². The quantitative estimate of drug-likeness (QED) is 0.159. The number of nitro groups is 1. The van der Waals surface area contributed by atoms with Crippen LogP contribution in [0.5, 0.6) is 5.75 Å². The number of non-ortho nitro benzene ring substituents is 1. The van der Waals surface area contributed by atoms with E-state index in [-0.39, 0.29) is 29.3 Å². The molecule has 1 aliphatic rings. The first-order chi connectivity index (χ1) is 17.2. The third-order valence-corrected chi connectivity index (χ3v) is 6.30. The third kappa shape index (κ3) is 4.70. The molecule has 1 unspecified atom stereocenters. The SMILES string of the molecule is COc1ccc(CN2C(=O)C(=O)/C(=C(\O)c3cccc([N+](=O)[O-])c3)C2c2ccc(C(C)C)cc2)cc1. The Labute approximate surface area is 208 Å².